The molecule has 168 valence electrons. The molecule has 1 saturated heterocycles. The van der Waals surface area contributed by atoms with E-state index in [1.54, 1.807) is 54.3 Å². The smallest absolute Gasteiger partial charge is 0.319 e. The number of benzene rings is 1. The molecule has 0 spiro atoms. The molecule has 3 heterocycles. The fraction of sp³-hybridized carbons (Fsp3) is 0.348. The molecular weight excluding hydrogens is 430 g/mol. The Morgan fingerprint density at radius 2 is 1.91 bits per heavy atom. The van der Waals surface area contributed by atoms with Crippen LogP contribution in [0.1, 0.15) is 12.8 Å². The first-order valence-electron chi connectivity index (χ1n) is 10.6. The van der Waals surface area contributed by atoms with Crippen LogP contribution in [0.15, 0.2) is 53.5 Å². The van der Waals surface area contributed by atoms with Gasteiger partial charge in [-0.3, -0.25) is 9.78 Å². The van der Waals surface area contributed by atoms with E-state index < -0.39 is 0 Å². The second kappa shape index (κ2) is 10.0. The van der Waals surface area contributed by atoms with Crippen molar-refractivity contribution in [1.29, 1.82) is 0 Å². The number of methoxy groups -OCH3 is 1. The Morgan fingerprint density at radius 3 is 2.62 bits per heavy atom. The van der Waals surface area contributed by atoms with Crippen LogP contribution in [0, 0.1) is 0 Å². The molecule has 3 aromatic rings. The molecule has 0 bridgehead atoms. The average Bonchev–Trinajstić information content (AvgIpc) is 2.80. The van der Waals surface area contributed by atoms with Crippen LogP contribution in [0.3, 0.4) is 0 Å². The molecule has 1 aromatic carbocycles. The number of carbonyl (C=O) groups is 1. The summed E-state index contributed by atoms with van der Waals surface area (Å²) in [6.45, 7) is 3.03. The number of hydrogen-bond acceptors (Lipinski definition) is 5. The lowest BCUT2D eigenvalue weighted by Gasteiger charge is -2.32. The quantitative estimate of drug-likeness (QED) is 0.595. The minimum absolute atomic E-state index is 0.0528. The first-order chi connectivity index (χ1) is 15.5. The summed E-state index contributed by atoms with van der Waals surface area (Å²) in [6, 6.07) is 12.1. The number of pyridine rings is 2. The Bertz CT molecular complexity index is 1140. The van der Waals surface area contributed by atoms with Crippen molar-refractivity contribution in [3.05, 3.63) is 64.0 Å². The Morgan fingerprint density at radius 1 is 1.16 bits per heavy atom. The predicted molar refractivity (Wildman–Crippen MR) is 126 cm³/mol. The van der Waals surface area contributed by atoms with Crippen LogP contribution < -0.4 is 20.9 Å². The number of aromatic nitrogens is 2. The van der Waals surface area contributed by atoms with Gasteiger partial charge in [0.25, 0.3) is 5.56 Å². The maximum absolute atomic E-state index is 12.5. The number of piperidine rings is 1. The zero-order valence-corrected chi connectivity index (χ0v) is 18.6. The number of amides is 2. The fourth-order valence-corrected chi connectivity index (χ4v) is 4.05. The third-order valence-electron chi connectivity index (χ3n) is 5.71. The van der Waals surface area contributed by atoms with Gasteiger partial charge in [-0.05, 0) is 43.2 Å². The van der Waals surface area contributed by atoms with Crippen LogP contribution in [0.4, 0.5) is 10.5 Å². The number of nitrogens with zero attached hydrogens (tertiary/aromatic N) is 3. The molecule has 0 saturated carbocycles. The van der Waals surface area contributed by atoms with Gasteiger partial charge in [-0.1, -0.05) is 11.6 Å². The van der Waals surface area contributed by atoms with Gasteiger partial charge >= 0.3 is 6.03 Å². The van der Waals surface area contributed by atoms with Crippen molar-refractivity contribution in [3.8, 4) is 5.75 Å². The summed E-state index contributed by atoms with van der Waals surface area (Å²) in [6.07, 6.45) is 3.36. The number of hydrogen-bond donors (Lipinski definition) is 2. The highest BCUT2D eigenvalue weighted by atomic mass is 35.5. The van der Waals surface area contributed by atoms with Crippen LogP contribution in [-0.2, 0) is 6.54 Å². The Kier molecular flexibility index (Phi) is 6.92. The zero-order valence-electron chi connectivity index (χ0n) is 17.9. The largest absolute Gasteiger partial charge is 0.495 e. The second-order valence-corrected chi connectivity index (χ2v) is 8.26. The lowest BCUT2D eigenvalue weighted by molar-refractivity contribution is 0.191. The summed E-state index contributed by atoms with van der Waals surface area (Å²) in [5.74, 6) is 0.626. The Labute approximate surface area is 191 Å². The van der Waals surface area contributed by atoms with Crippen LogP contribution in [0.5, 0.6) is 5.75 Å². The molecule has 9 heteroatoms. The van der Waals surface area contributed by atoms with E-state index in [1.165, 1.54) is 0 Å². The minimum Gasteiger partial charge on any atom is -0.495 e. The van der Waals surface area contributed by atoms with Gasteiger partial charge in [-0.25, -0.2) is 4.79 Å². The highest BCUT2D eigenvalue weighted by Gasteiger charge is 2.21. The Balaban J connectivity index is 1.29. The van der Waals surface area contributed by atoms with E-state index in [1.807, 2.05) is 6.07 Å². The number of rotatable bonds is 6. The van der Waals surface area contributed by atoms with Gasteiger partial charge in [-0.2, -0.15) is 0 Å². The number of anilines is 1. The number of fused-ring (bicyclic) bond motifs is 1. The van der Waals surface area contributed by atoms with Crippen LogP contribution >= 0.6 is 11.6 Å². The zero-order chi connectivity index (χ0) is 22.5. The monoisotopic (exact) mass is 455 g/mol. The third kappa shape index (κ3) is 5.38. The van der Waals surface area contributed by atoms with Crippen molar-refractivity contribution in [1.82, 2.24) is 19.8 Å². The summed E-state index contributed by atoms with van der Waals surface area (Å²) in [7, 11) is 1.59. The average molecular weight is 456 g/mol. The van der Waals surface area contributed by atoms with Crippen molar-refractivity contribution in [3.63, 3.8) is 0 Å². The van der Waals surface area contributed by atoms with Gasteiger partial charge in [0.2, 0.25) is 0 Å². The van der Waals surface area contributed by atoms with Gasteiger partial charge in [0, 0.05) is 55.1 Å². The molecule has 4 rings (SSSR count). The van der Waals surface area contributed by atoms with E-state index in [0.29, 0.717) is 23.0 Å². The van der Waals surface area contributed by atoms with E-state index in [0.717, 1.165) is 43.5 Å². The first-order valence-corrected chi connectivity index (χ1v) is 11.0. The lowest BCUT2D eigenvalue weighted by Crippen LogP contribution is -2.46. The molecule has 32 heavy (non-hydrogen) atoms. The molecule has 2 aromatic heterocycles. The van der Waals surface area contributed by atoms with Crippen LogP contribution in [-0.4, -0.2) is 53.3 Å². The summed E-state index contributed by atoms with van der Waals surface area (Å²) in [5, 5.41) is 6.49. The molecular formula is C23H26ClN5O3. The summed E-state index contributed by atoms with van der Waals surface area (Å²) < 4.78 is 7.01. The molecule has 0 atom stereocenters. The maximum Gasteiger partial charge on any atom is 0.319 e. The number of nitrogens with one attached hydrogen (secondary N) is 2. The van der Waals surface area contributed by atoms with Crippen molar-refractivity contribution in [2.75, 3.05) is 32.1 Å². The van der Waals surface area contributed by atoms with E-state index in [9.17, 15) is 9.59 Å². The van der Waals surface area contributed by atoms with Gasteiger partial charge in [0.15, 0.2) is 0 Å². The SMILES string of the molecule is COc1cnc2ccc(=O)n(CCN3CCC(NC(=O)Nc4ccc(Cl)cc4)CC3)c2c1. The number of likely N-dealkylation sites (tertiary alicyclic amines) is 1. The van der Waals surface area contributed by atoms with Crippen molar-refractivity contribution in [2.45, 2.75) is 25.4 Å². The van der Waals surface area contributed by atoms with Crippen LogP contribution in [0.25, 0.3) is 11.0 Å². The summed E-state index contributed by atoms with van der Waals surface area (Å²) >= 11 is 5.87. The molecule has 1 fully saturated rings. The normalized spacial score (nSPS) is 14.9. The van der Waals surface area contributed by atoms with Gasteiger partial charge in [0.1, 0.15) is 5.75 Å². The second-order valence-electron chi connectivity index (χ2n) is 7.82. The topological polar surface area (TPSA) is 88.5 Å². The molecule has 2 N–H and O–H groups in total. The van der Waals surface area contributed by atoms with E-state index >= 15 is 0 Å². The molecule has 1 aliphatic rings. The van der Waals surface area contributed by atoms with Crippen LogP contribution in [0.2, 0.25) is 5.02 Å². The molecule has 0 aliphatic carbocycles. The van der Waals surface area contributed by atoms with Gasteiger partial charge in [0.05, 0.1) is 24.3 Å². The van der Waals surface area contributed by atoms with Gasteiger partial charge in [-0.15, -0.1) is 0 Å². The molecule has 0 unspecified atom stereocenters. The number of urea groups is 1. The molecule has 2 amide bonds. The number of ether oxygens (including phenoxy) is 1. The van der Waals surface area contributed by atoms with Crippen molar-refractivity contribution >= 4 is 34.4 Å². The Hall–Kier alpha value is -3.10. The third-order valence-corrected chi connectivity index (χ3v) is 5.97. The summed E-state index contributed by atoms with van der Waals surface area (Å²) in [4.78, 5) is 31.4. The maximum atomic E-state index is 12.5. The molecule has 1 aliphatic heterocycles. The summed E-state index contributed by atoms with van der Waals surface area (Å²) in [5.41, 5.74) is 2.19. The highest BCUT2D eigenvalue weighted by Crippen LogP contribution is 2.18. The van der Waals surface area contributed by atoms with Crippen molar-refractivity contribution < 1.29 is 9.53 Å². The van der Waals surface area contributed by atoms with Gasteiger partial charge < -0.3 is 24.8 Å². The highest BCUT2D eigenvalue weighted by molar-refractivity contribution is 6.30. The number of halogens is 1. The minimum atomic E-state index is -0.213. The van der Waals surface area contributed by atoms with E-state index in [-0.39, 0.29) is 17.6 Å². The predicted octanol–water partition coefficient (Wildman–Crippen LogP) is 3.34. The molecule has 0 radical (unpaired) electrons. The lowest BCUT2D eigenvalue weighted by atomic mass is 10.1. The fourth-order valence-electron chi connectivity index (χ4n) is 3.92. The van der Waals surface area contributed by atoms with Crippen molar-refractivity contribution in [2.24, 2.45) is 0 Å². The van der Waals surface area contributed by atoms with E-state index in [2.05, 4.69) is 20.5 Å². The number of carbonyl (C=O) groups excluding carboxylic acids is 1. The first kappa shape index (κ1) is 22.1. The van der Waals surface area contributed by atoms with E-state index in [4.69, 9.17) is 16.3 Å². The molecule has 8 nitrogen and oxygen atoms in total. The standard InChI is InChI=1S/C23H26ClN5O3/c1-32-19-14-21-20(25-15-19)6-7-22(30)29(21)13-12-28-10-8-18(9-11-28)27-23(31)26-17-4-2-16(24)3-5-17/h2-7,14-15,18H,8-13H2,1H3,(H2,26,27,31).